The van der Waals surface area contributed by atoms with Gasteiger partial charge in [0.1, 0.15) is 19.1 Å². The van der Waals surface area contributed by atoms with Crippen molar-refractivity contribution in [1.82, 2.24) is 36.2 Å². The average molecular weight is 549 g/mol. The van der Waals surface area contributed by atoms with Crippen LogP contribution in [-0.4, -0.2) is 90.4 Å². The summed E-state index contributed by atoms with van der Waals surface area (Å²) in [6.45, 7) is 4.01. The molecule has 6 heterocycles. The molecule has 11 nitrogen and oxygen atoms in total. The molecule has 4 saturated heterocycles. The van der Waals surface area contributed by atoms with Crippen molar-refractivity contribution < 1.29 is 14.3 Å². The highest BCUT2D eigenvalue weighted by Crippen LogP contribution is 2.50. The molecule has 6 unspecified atom stereocenters. The number of rotatable bonds is 2. The van der Waals surface area contributed by atoms with Crippen molar-refractivity contribution in [2.24, 2.45) is 5.92 Å². The standard InChI is InChI=1S/C29H40N8O3/c38-24-16-40-22-7-8-23-33-26(22)35(24)11-3-1-2-4-12-36-27(39)20-15-31-28(34-25(20)37(23)36)32-19-5-6-21-18(13-19)14-30-17-29(21)9-10-29/h2,4-6,13,20,22-23,25-26,28,30-34H,1,3,7-12,14-17H2/b4-2-. The largest absolute Gasteiger partial charge is 0.365 e. The van der Waals surface area contributed by atoms with Crippen LogP contribution in [0.4, 0.5) is 5.69 Å². The molecule has 1 aromatic rings. The number of piperidine rings is 1. The first-order valence-electron chi connectivity index (χ1n) is 15.1. The van der Waals surface area contributed by atoms with E-state index in [1.54, 1.807) is 0 Å². The number of morpholine rings is 1. The maximum absolute atomic E-state index is 13.7. The van der Waals surface area contributed by atoms with Crippen molar-refractivity contribution >= 4 is 17.5 Å². The van der Waals surface area contributed by atoms with Gasteiger partial charge >= 0.3 is 0 Å². The van der Waals surface area contributed by atoms with E-state index in [0.717, 1.165) is 44.5 Å². The van der Waals surface area contributed by atoms with E-state index in [2.05, 4.69) is 61.9 Å². The minimum absolute atomic E-state index is 0.0151. The smallest absolute Gasteiger partial charge is 0.249 e. The number of amides is 2. The molecule has 5 fully saturated rings. The summed E-state index contributed by atoms with van der Waals surface area (Å²) in [6, 6.07) is 6.79. The maximum atomic E-state index is 13.7. The molecule has 6 atom stereocenters. The topological polar surface area (TPSA) is 113 Å². The Morgan fingerprint density at radius 3 is 2.90 bits per heavy atom. The van der Waals surface area contributed by atoms with Gasteiger partial charge in [-0.3, -0.25) is 30.5 Å². The predicted molar refractivity (Wildman–Crippen MR) is 148 cm³/mol. The Bertz CT molecular complexity index is 1220. The Kier molecular flexibility index (Phi) is 6.16. The number of anilines is 1. The lowest BCUT2D eigenvalue weighted by atomic mass is 9.88. The van der Waals surface area contributed by atoms with Crippen molar-refractivity contribution in [3.8, 4) is 0 Å². The molecule has 2 bridgehead atoms. The molecular weight excluding hydrogens is 508 g/mol. The Hall–Kier alpha value is -2.54. The summed E-state index contributed by atoms with van der Waals surface area (Å²) in [5, 5.41) is 22.4. The van der Waals surface area contributed by atoms with Crippen molar-refractivity contribution in [3.63, 3.8) is 0 Å². The Balaban J connectivity index is 1.04. The minimum Gasteiger partial charge on any atom is -0.365 e. The fourth-order valence-electron chi connectivity index (χ4n) is 7.82. The monoisotopic (exact) mass is 548 g/mol. The summed E-state index contributed by atoms with van der Waals surface area (Å²) < 4.78 is 5.94. The zero-order valence-electron chi connectivity index (χ0n) is 22.9. The normalized spacial score (nSPS) is 37.6. The van der Waals surface area contributed by atoms with E-state index >= 15 is 0 Å². The van der Waals surface area contributed by atoms with E-state index in [0.29, 0.717) is 25.0 Å². The van der Waals surface area contributed by atoms with Gasteiger partial charge in [-0.1, -0.05) is 18.2 Å². The van der Waals surface area contributed by atoms with Crippen LogP contribution in [0, 0.1) is 5.92 Å². The third-order valence-corrected chi connectivity index (χ3v) is 10.1. The summed E-state index contributed by atoms with van der Waals surface area (Å²) >= 11 is 0. The number of carbonyl (C=O) groups excluding carboxylic acids is 2. The van der Waals surface area contributed by atoms with Crippen LogP contribution in [-0.2, 0) is 26.3 Å². The highest BCUT2D eigenvalue weighted by atomic mass is 16.5. The lowest BCUT2D eigenvalue weighted by molar-refractivity contribution is -0.176. The van der Waals surface area contributed by atoms with E-state index in [1.165, 1.54) is 24.0 Å². The second-order valence-electron chi connectivity index (χ2n) is 12.5. The number of allylic oxidation sites excluding steroid dienone is 1. The van der Waals surface area contributed by atoms with Gasteiger partial charge in [-0.2, -0.15) is 5.01 Å². The van der Waals surface area contributed by atoms with E-state index in [9.17, 15) is 9.59 Å². The fourth-order valence-corrected chi connectivity index (χ4v) is 7.82. The van der Waals surface area contributed by atoms with Crippen molar-refractivity contribution in [3.05, 3.63) is 41.5 Å². The lowest BCUT2D eigenvalue weighted by Crippen LogP contribution is -2.72. The number of hydrogen-bond donors (Lipinski definition) is 5. The number of ether oxygens (including phenoxy) is 1. The molecule has 5 N–H and O–H groups in total. The number of nitrogens with one attached hydrogen (secondary N) is 5. The van der Waals surface area contributed by atoms with Crippen LogP contribution in [0.1, 0.15) is 49.7 Å². The summed E-state index contributed by atoms with van der Waals surface area (Å²) in [7, 11) is 0. The van der Waals surface area contributed by atoms with E-state index in [4.69, 9.17) is 4.74 Å². The molecule has 1 aromatic carbocycles. The third-order valence-electron chi connectivity index (χ3n) is 10.1. The quantitative estimate of drug-likeness (QED) is 0.334. The predicted octanol–water partition coefficient (Wildman–Crippen LogP) is 0.324. The summed E-state index contributed by atoms with van der Waals surface area (Å²) in [4.78, 5) is 28.5. The molecule has 1 spiro atoms. The first-order chi connectivity index (χ1) is 19.6. The van der Waals surface area contributed by atoms with E-state index < -0.39 is 0 Å². The SMILES string of the molecule is O=C1COC2CCC3NC2N1CCC/C=C\CN1C(=O)C2CNC(Nc4ccc5c(c4)CNCC54CC4)NC2N31. The van der Waals surface area contributed by atoms with Gasteiger partial charge < -0.3 is 20.3 Å². The zero-order chi connectivity index (χ0) is 26.8. The Morgan fingerprint density at radius 1 is 1.07 bits per heavy atom. The highest BCUT2D eigenvalue weighted by Gasteiger charge is 2.54. The van der Waals surface area contributed by atoms with Gasteiger partial charge in [-0.25, -0.2) is 0 Å². The minimum atomic E-state index is -0.195. The van der Waals surface area contributed by atoms with Crippen LogP contribution in [0.25, 0.3) is 0 Å². The van der Waals surface area contributed by atoms with Crippen LogP contribution in [0.2, 0.25) is 0 Å². The van der Waals surface area contributed by atoms with E-state index in [1.807, 2.05) is 9.91 Å². The molecule has 8 rings (SSSR count). The van der Waals surface area contributed by atoms with Crippen LogP contribution >= 0.6 is 0 Å². The molecule has 40 heavy (non-hydrogen) atoms. The second kappa shape index (κ2) is 9.78. The van der Waals surface area contributed by atoms with Crippen LogP contribution in [0.5, 0.6) is 0 Å². The molecule has 2 amide bonds. The number of carbonyl (C=O) groups is 2. The molecular formula is C29H40N8O3. The fraction of sp³-hybridized carbons (Fsp3) is 0.655. The van der Waals surface area contributed by atoms with Gasteiger partial charge in [0.05, 0.1) is 30.9 Å². The number of hydrogen-bond acceptors (Lipinski definition) is 9. The molecule has 11 heteroatoms. The summed E-state index contributed by atoms with van der Waals surface area (Å²) in [5.74, 6) is -0.0184. The van der Waals surface area contributed by atoms with E-state index in [-0.39, 0.29) is 55.2 Å². The maximum Gasteiger partial charge on any atom is 0.249 e. The number of benzene rings is 1. The van der Waals surface area contributed by atoms with Crippen LogP contribution in [0.15, 0.2) is 30.4 Å². The number of hydrazine groups is 1. The molecule has 1 aliphatic carbocycles. The van der Waals surface area contributed by atoms with Crippen LogP contribution < -0.4 is 26.6 Å². The highest BCUT2D eigenvalue weighted by molar-refractivity contribution is 5.82. The van der Waals surface area contributed by atoms with Crippen molar-refractivity contribution in [2.45, 2.75) is 81.4 Å². The van der Waals surface area contributed by atoms with Crippen molar-refractivity contribution in [1.29, 1.82) is 0 Å². The zero-order valence-corrected chi connectivity index (χ0v) is 22.9. The van der Waals surface area contributed by atoms with Gasteiger partial charge in [0.2, 0.25) is 11.8 Å². The van der Waals surface area contributed by atoms with Gasteiger partial charge in [0, 0.05) is 37.3 Å². The Morgan fingerprint density at radius 2 is 2.00 bits per heavy atom. The van der Waals surface area contributed by atoms with Gasteiger partial charge in [0.15, 0.2) is 0 Å². The van der Waals surface area contributed by atoms with Gasteiger partial charge in [-0.15, -0.1) is 0 Å². The van der Waals surface area contributed by atoms with Crippen molar-refractivity contribution in [2.75, 3.05) is 38.1 Å². The van der Waals surface area contributed by atoms with Gasteiger partial charge in [-0.05, 0) is 61.8 Å². The molecule has 1 saturated carbocycles. The molecule has 7 aliphatic rings. The molecule has 6 aliphatic heterocycles. The second-order valence-corrected chi connectivity index (χ2v) is 12.5. The van der Waals surface area contributed by atoms with Crippen LogP contribution in [0.3, 0.4) is 0 Å². The third kappa shape index (κ3) is 4.17. The molecule has 0 aromatic heterocycles. The first-order valence-corrected chi connectivity index (χ1v) is 15.1. The van der Waals surface area contributed by atoms with Gasteiger partial charge in [0.25, 0.3) is 0 Å². The Labute approximate surface area is 235 Å². The average Bonchev–Trinajstić information content (AvgIpc) is 3.67. The summed E-state index contributed by atoms with van der Waals surface area (Å²) in [5.41, 5.74) is 4.33. The number of nitrogens with zero attached hydrogens (tertiary/aromatic N) is 3. The number of fused-ring (bicyclic) bond motifs is 7. The first kappa shape index (κ1) is 25.2. The molecule has 0 radical (unpaired) electrons. The molecule has 214 valence electrons. The summed E-state index contributed by atoms with van der Waals surface area (Å²) in [6.07, 6.45) is 9.66. The lowest BCUT2D eigenvalue weighted by Gasteiger charge is -2.50.